The molecular formula is C46H59ClN10O7S. The zero-order valence-corrected chi connectivity index (χ0v) is 38.7. The van der Waals surface area contributed by atoms with Crippen molar-refractivity contribution in [1.82, 2.24) is 29.4 Å². The molecule has 4 N–H and O–H groups in total. The Morgan fingerprint density at radius 2 is 1.51 bits per heavy atom. The predicted octanol–water partition coefficient (Wildman–Crippen LogP) is 6.97. The van der Waals surface area contributed by atoms with E-state index in [9.17, 15) is 19.2 Å². The number of anilines is 5. The summed E-state index contributed by atoms with van der Waals surface area (Å²) in [6.07, 6.45) is 10.3. The van der Waals surface area contributed by atoms with E-state index in [1.807, 2.05) is 32.0 Å². The Kier molecular flexibility index (Phi) is 19.5. The van der Waals surface area contributed by atoms with Crippen LogP contribution in [0.1, 0.15) is 72.4 Å². The number of aryl methyl sites for hydroxylation is 2. The highest BCUT2D eigenvalue weighted by Gasteiger charge is 2.20. The average molecular weight is 932 g/mol. The van der Waals surface area contributed by atoms with Crippen LogP contribution >= 0.6 is 22.9 Å². The molecule has 4 heterocycles. The van der Waals surface area contributed by atoms with Gasteiger partial charge in [-0.1, -0.05) is 60.4 Å². The summed E-state index contributed by atoms with van der Waals surface area (Å²) in [6, 6.07) is 15.6. The zero-order valence-electron chi connectivity index (χ0n) is 37.1. The molecule has 0 saturated carbocycles. The highest BCUT2D eigenvalue weighted by atomic mass is 35.5. The number of hydrogen-bond acceptors (Lipinski definition) is 14. The maximum Gasteiger partial charge on any atom is 0.332 e. The number of thiazole rings is 1. The fourth-order valence-corrected chi connectivity index (χ4v) is 8.16. The fourth-order valence-electron chi connectivity index (χ4n) is 7.17. The van der Waals surface area contributed by atoms with Crippen molar-refractivity contribution < 1.29 is 23.8 Å². The first-order valence-electron chi connectivity index (χ1n) is 22.2. The molecule has 3 aromatic heterocycles. The molecule has 2 amide bonds. The SMILES string of the molecule is Cc1nc(Nc2ncc(C(=O)Nc3c(C)cccc3Cl)s2)cc(N2CCN(CCCCCCOCCOCCOCCCCCC(=O)Nc3cccc(-n4ccc(=O)[nH]c4=O)c3)CC2)n1. The lowest BCUT2D eigenvalue weighted by atomic mass is 10.2. The van der Waals surface area contributed by atoms with Crippen molar-refractivity contribution in [3.8, 4) is 5.69 Å². The summed E-state index contributed by atoms with van der Waals surface area (Å²) in [5.41, 5.74) is 1.59. The minimum Gasteiger partial charge on any atom is -0.379 e. The van der Waals surface area contributed by atoms with Gasteiger partial charge in [-0.3, -0.25) is 28.8 Å². The van der Waals surface area contributed by atoms with Gasteiger partial charge in [0.2, 0.25) is 5.91 Å². The minimum absolute atomic E-state index is 0.101. The van der Waals surface area contributed by atoms with Gasteiger partial charge in [0.05, 0.1) is 49.0 Å². The summed E-state index contributed by atoms with van der Waals surface area (Å²) in [7, 11) is 0. The molecule has 0 unspecified atom stereocenters. The molecule has 6 rings (SSSR count). The van der Waals surface area contributed by atoms with Crippen LogP contribution in [0, 0.1) is 13.8 Å². The van der Waals surface area contributed by atoms with Gasteiger partial charge in [0.1, 0.15) is 22.3 Å². The lowest BCUT2D eigenvalue weighted by Gasteiger charge is -2.35. The van der Waals surface area contributed by atoms with Gasteiger partial charge in [-0.15, -0.1) is 0 Å². The Labute approximate surface area is 387 Å². The second kappa shape index (κ2) is 25.8. The number of piperazine rings is 1. The highest BCUT2D eigenvalue weighted by molar-refractivity contribution is 7.17. The minimum atomic E-state index is -0.542. The van der Waals surface area contributed by atoms with Crippen LogP contribution in [0.2, 0.25) is 5.02 Å². The molecule has 1 aliphatic rings. The summed E-state index contributed by atoms with van der Waals surface area (Å²) < 4.78 is 18.4. The monoisotopic (exact) mass is 930 g/mol. The fraction of sp³-hybridized carbons (Fsp3) is 0.457. The number of halogens is 1. The predicted molar refractivity (Wildman–Crippen MR) is 256 cm³/mol. The van der Waals surface area contributed by atoms with Gasteiger partial charge < -0.3 is 35.1 Å². The molecule has 1 aliphatic heterocycles. The molecule has 348 valence electrons. The van der Waals surface area contributed by atoms with Crippen LogP contribution in [0.15, 0.2) is 76.6 Å². The largest absolute Gasteiger partial charge is 0.379 e. The first-order chi connectivity index (χ1) is 31.6. The number of rotatable bonds is 26. The number of nitrogens with zero attached hydrogens (tertiary/aromatic N) is 6. The van der Waals surface area contributed by atoms with Crippen molar-refractivity contribution in [2.24, 2.45) is 0 Å². The molecule has 0 aliphatic carbocycles. The number of aromatic amines is 1. The van der Waals surface area contributed by atoms with Crippen LogP contribution in [0.4, 0.5) is 28.1 Å². The topological polar surface area (TPSA) is 198 Å². The normalized spacial score (nSPS) is 12.9. The summed E-state index contributed by atoms with van der Waals surface area (Å²) in [6.45, 7) is 12.1. The third kappa shape index (κ3) is 16.2. The molecule has 0 atom stereocenters. The summed E-state index contributed by atoms with van der Waals surface area (Å²) >= 11 is 7.54. The Hall–Kier alpha value is -5.50. The van der Waals surface area contributed by atoms with Crippen molar-refractivity contribution in [2.75, 3.05) is 93.2 Å². The quantitative estimate of drug-likeness (QED) is 0.0415. The number of para-hydroxylation sites is 1. The number of nitrogens with one attached hydrogen (secondary N) is 4. The summed E-state index contributed by atoms with van der Waals surface area (Å²) in [5, 5.41) is 10.1. The molecule has 5 aromatic rings. The summed E-state index contributed by atoms with van der Waals surface area (Å²) in [5.74, 6) is 1.80. The van der Waals surface area contributed by atoms with Crippen LogP contribution in [0.25, 0.3) is 5.69 Å². The third-order valence-electron chi connectivity index (χ3n) is 10.6. The second-order valence-electron chi connectivity index (χ2n) is 15.7. The van der Waals surface area contributed by atoms with E-state index in [1.165, 1.54) is 34.6 Å². The lowest BCUT2D eigenvalue weighted by molar-refractivity contribution is -0.116. The lowest BCUT2D eigenvalue weighted by Crippen LogP contribution is -2.47. The number of hydrogen-bond donors (Lipinski definition) is 4. The number of ether oxygens (including phenoxy) is 3. The van der Waals surface area contributed by atoms with E-state index in [4.69, 9.17) is 30.8 Å². The van der Waals surface area contributed by atoms with Gasteiger partial charge in [0.15, 0.2) is 5.13 Å². The van der Waals surface area contributed by atoms with Gasteiger partial charge in [-0.2, -0.15) is 0 Å². The molecule has 1 saturated heterocycles. The van der Waals surface area contributed by atoms with E-state index in [2.05, 4.69) is 40.7 Å². The standard InChI is InChI=1S/C46H59ClN10O7S/c1-33-12-10-15-37(47)43(33)54-44(60)38-32-48-45(65-38)52-39-31-40(50-34(2)49-39)56-22-20-55(21-23-56)18-7-3-4-8-24-62-26-28-64-29-27-63-25-9-5-6-16-41(58)51-35-13-11-14-36(30-35)57-19-17-42(59)53-46(57)61/h10-15,17,19,30-32H,3-9,16,18,20-29H2,1-2H3,(H,51,58)(H,54,60)(H,53,59,61)(H,48,49,50,52). The first-order valence-corrected chi connectivity index (χ1v) is 23.4. The van der Waals surface area contributed by atoms with E-state index in [1.54, 1.807) is 36.5 Å². The molecule has 0 radical (unpaired) electrons. The van der Waals surface area contributed by atoms with Gasteiger partial charge in [0, 0.05) is 69.8 Å². The van der Waals surface area contributed by atoms with Crippen LogP contribution < -0.4 is 32.1 Å². The molecule has 2 aromatic carbocycles. The molecular weight excluding hydrogens is 872 g/mol. The molecule has 19 heteroatoms. The van der Waals surface area contributed by atoms with Crippen LogP contribution in [-0.2, 0) is 19.0 Å². The van der Waals surface area contributed by atoms with Gasteiger partial charge in [-0.05, 0) is 75.9 Å². The van der Waals surface area contributed by atoms with Crippen LogP contribution in [-0.4, -0.2) is 114 Å². The second-order valence-corrected chi connectivity index (χ2v) is 17.1. The number of carbonyl (C=O) groups is 2. The van der Waals surface area contributed by atoms with Gasteiger partial charge >= 0.3 is 5.69 Å². The number of unbranched alkanes of at least 4 members (excludes halogenated alkanes) is 5. The first kappa shape index (κ1) is 48.9. The molecule has 17 nitrogen and oxygen atoms in total. The maximum absolute atomic E-state index is 12.9. The van der Waals surface area contributed by atoms with E-state index >= 15 is 0 Å². The van der Waals surface area contributed by atoms with Crippen LogP contribution in [0.3, 0.4) is 0 Å². The van der Waals surface area contributed by atoms with E-state index in [0.29, 0.717) is 83.2 Å². The molecule has 0 bridgehead atoms. The average Bonchev–Trinajstić information content (AvgIpc) is 3.76. The third-order valence-corrected chi connectivity index (χ3v) is 11.9. The highest BCUT2D eigenvalue weighted by Crippen LogP contribution is 2.29. The van der Waals surface area contributed by atoms with Gasteiger partial charge in [0.25, 0.3) is 11.5 Å². The van der Waals surface area contributed by atoms with E-state index in [-0.39, 0.29) is 11.8 Å². The number of amides is 2. The molecule has 0 spiro atoms. The van der Waals surface area contributed by atoms with Gasteiger partial charge in [-0.25, -0.2) is 19.7 Å². The molecule has 65 heavy (non-hydrogen) atoms. The Balaban J connectivity index is 0.726. The smallest absolute Gasteiger partial charge is 0.332 e. The maximum atomic E-state index is 12.9. The Morgan fingerprint density at radius 3 is 2.25 bits per heavy atom. The zero-order chi connectivity index (χ0) is 45.8. The number of H-pyrrole nitrogens is 1. The summed E-state index contributed by atoms with van der Waals surface area (Å²) in [4.78, 5) is 69.9. The Bertz CT molecular complexity index is 2400. The number of aromatic nitrogens is 5. The van der Waals surface area contributed by atoms with Crippen molar-refractivity contribution in [3.63, 3.8) is 0 Å². The number of benzene rings is 2. The van der Waals surface area contributed by atoms with E-state index < -0.39 is 11.2 Å². The van der Waals surface area contributed by atoms with Crippen molar-refractivity contribution in [2.45, 2.75) is 65.2 Å². The Morgan fingerprint density at radius 1 is 0.800 bits per heavy atom. The van der Waals surface area contributed by atoms with Crippen molar-refractivity contribution in [3.05, 3.63) is 109 Å². The molecule has 1 fully saturated rings. The van der Waals surface area contributed by atoms with Crippen LogP contribution in [0.5, 0.6) is 0 Å². The van der Waals surface area contributed by atoms with Crippen molar-refractivity contribution >= 4 is 62.9 Å². The number of carbonyl (C=O) groups excluding carboxylic acids is 2. The van der Waals surface area contributed by atoms with E-state index in [0.717, 1.165) is 89.2 Å². The van der Waals surface area contributed by atoms with Crippen molar-refractivity contribution in [1.29, 1.82) is 0 Å².